The Morgan fingerprint density at radius 3 is 2.68 bits per heavy atom. The molecular formula is C14H21N3O2. The van der Waals surface area contributed by atoms with Crippen LogP contribution in [-0.4, -0.2) is 45.6 Å². The minimum absolute atomic E-state index is 0.0636. The van der Waals surface area contributed by atoms with Gasteiger partial charge in [0.15, 0.2) is 0 Å². The van der Waals surface area contributed by atoms with Crippen LogP contribution in [0, 0.1) is 5.92 Å². The number of amides is 1. The summed E-state index contributed by atoms with van der Waals surface area (Å²) in [6.45, 7) is 4.31. The Kier molecular flexibility index (Phi) is 3.87. The summed E-state index contributed by atoms with van der Waals surface area (Å²) in [5.41, 5.74) is 6.06. The number of hydrogen-bond donors (Lipinski definition) is 2. The van der Waals surface area contributed by atoms with Gasteiger partial charge in [0.1, 0.15) is 0 Å². The molecule has 1 aliphatic heterocycles. The molecule has 2 rings (SSSR count). The molecule has 1 fully saturated rings. The van der Waals surface area contributed by atoms with Crippen molar-refractivity contribution in [2.45, 2.75) is 31.9 Å². The lowest BCUT2D eigenvalue weighted by Gasteiger charge is -2.25. The van der Waals surface area contributed by atoms with E-state index in [2.05, 4.69) is 4.98 Å². The van der Waals surface area contributed by atoms with Crippen LogP contribution in [0.2, 0.25) is 0 Å². The summed E-state index contributed by atoms with van der Waals surface area (Å²) >= 11 is 0. The van der Waals surface area contributed by atoms with Crippen molar-refractivity contribution in [3.8, 4) is 0 Å². The highest BCUT2D eigenvalue weighted by Crippen LogP contribution is 2.23. The minimum atomic E-state index is -0.884. The van der Waals surface area contributed by atoms with E-state index in [1.807, 2.05) is 12.1 Å². The molecule has 0 aliphatic carbocycles. The lowest BCUT2D eigenvalue weighted by atomic mass is 9.97. The minimum Gasteiger partial charge on any atom is -0.391 e. The van der Waals surface area contributed by atoms with Crippen LogP contribution in [0.4, 0.5) is 0 Å². The average Bonchev–Trinajstić information content (AvgIpc) is 2.70. The summed E-state index contributed by atoms with van der Waals surface area (Å²) < 4.78 is 0. The van der Waals surface area contributed by atoms with Gasteiger partial charge in [0.05, 0.1) is 11.6 Å². The van der Waals surface area contributed by atoms with Gasteiger partial charge < -0.3 is 15.7 Å². The lowest BCUT2D eigenvalue weighted by molar-refractivity contribution is -0.135. The molecule has 1 aromatic rings. The van der Waals surface area contributed by atoms with Crippen LogP contribution in [0.3, 0.4) is 0 Å². The Bertz CT molecular complexity index is 442. The van der Waals surface area contributed by atoms with E-state index in [1.54, 1.807) is 31.1 Å². The first-order valence-corrected chi connectivity index (χ1v) is 6.53. The quantitative estimate of drug-likeness (QED) is 0.815. The monoisotopic (exact) mass is 263 g/mol. The van der Waals surface area contributed by atoms with E-state index in [-0.39, 0.29) is 11.8 Å². The largest absolute Gasteiger partial charge is 0.391 e. The van der Waals surface area contributed by atoms with E-state index < -0.39 is 11.6 Å². The Morgan fingerprint density at radius 1 is 1.47 bits per heavy atom. The number of likely N-dealkylation sites (tertiary alicyclic amines) is 1. The summed E-state index contributed by atoms with van der Waals surface area (Å²) in [6, 6.07) is 3.87. The highest BCUT2D eigenvalue weighted by molar-refractivity contribution is 5.85. The number of aliphatic hydroxyl groups is 1. The van der Waals surface area contributed by atoms with Crippen molar-refractivity contribution in [3.63, 3.8) is 0 Å². The number of carbonyl (C=O) groups excluding carboxylic acids is 1. The number of aromatic nitrogens is 1. The Morgan fingerprint density at radius 2 is 2.11 bits per heavy atom. The second kappa shape index (κ2) is 5.27. The molecule has 0 aromatic carbocycles. The zero-order valence-electron chi connectivity index (χ0n) is 11.4. The molecule has 1 aromatic heterocycles. The van der Waals surface area contributed by atoms with Gasteiger partial charge in [-0.25, -0.2) is 0 Å². The van der Waals surface area contributed by atoms with E-state index in [0.717, 1.165) is 12.0 Å². The van der Waals surface area contributed by atoms with Crippen molar-refractivity contribution in [2.75, 3.05) is 13.1 Å². The zero-order valence-corrected chi connectivity index (χ0v) is 11.4. The van der Waals surface area contributed by atoms with Gasteiger partial charge in [0.25, 0.3) is 0 Å². The number of β-amino-alcohol motifs (C(OH)–C–C–N with tert-alkyl or cyclic N) is 1. The zero-order chi connectivity index (χ0) is 14.0. The fourth-order valence-electron chi connectivity index (χ4n) is 2.45. The predicted octanol–water partition coefficient (Wildman–Crippen LogP) is 0.181. The number of hydrogen-bond acceptors (Lipinski definition) is 4. The number of aliphatic hydroxyl groups excluding tert-OH is 1. The third-order valence-corrected chi connectivity index (χ3v) is 3.49. The third kappa shape index (κ3) is 3.30. The van der Waals surface area contributed by atoms with Gasteiger partial charge >= 0.3 is 0 Å². The van der Waals surface area contributed by atoms with Crippen LogP contribution >= 0.6 is 0 Å². The summed E-state index contributed by atoms with van der Waals surface area (Å²) in [5, 5.41) is 10.1. The van der Waals surface area contributed by atoms with Gasteiger partial charge in [-0.3, -0.25) is 9.78 Å². The molecule has 2 heterocycles. The van der Waals surface area contributed by atoms with Gasteiger partial charge in [0.2, 0.25) is 5.91 Å². The van der Waals surface area contributed by atoms with Gasteiger partial charge in [-0.2, -0.15) is 0 Å². The molecule has 1 aliphatic rings. The van der Waals surface area contributed by atoms with Crippen molar-refractivity contribution >= 4 is 5.91 Å². The molecule has 19 heavy (non-hydrogen) atoms. The number of carbonyl (C=O) groups is 1. The van der Waals surface area contributed by atoms with E-state index in [1.165, 1.54) is 0 Å². The third-order valence-electron chi connectivity index (χ3n) is 3.49. The molecule has 2 atom stereocenters. The summed E-state index contributed by atoms with van der Waals surface area (Å²) in [4.78, 5) is 17.7. The summed E-state index contributed by atoms with van der Waals surface area (Å²) in [7, 11) is 0. The fraction of sp³-hybridized carbons (Fsp3) is 0.571. The Labute approximate surface area is 113 Å². The number of nitrogens with zero attached hydrogens (tertiary/aromatic N) is 2. The number of rotatable bonds is 3. The fourth-order valence-corrected chi connectivity index (χ4v) is 2.45. The van der Waals surface area contributed by atoms with E-state index in [4.69, 9.17) is 5.73 Å². The smallest absolute Gasteiger partial charge is 0.242 e. The standard InChI is InChI=1S/C14H21N3O2/c1-14(2,15)13(19)17-8-11(12(18)9-17)7-10-3-5-16-6-4-10/h3-6,11-12,18H,7-9,15H2,1-2H3/t11-,12-/m1/s1. The summed E-state index contributed by atoms with van der Waals surface area (Å²) in [5.74, 6) is -0.0440. The van der Waals surface area contributed by atoms with Crippen LogP contribution in [0.15, 0.2) is 24.5 Å². The maximum absolute atomic E-state index is 12.1. The number of pyridine rings is 1. The van der Waals surface area contributed by atoms with Gasteiger partial charge in [0, 0.05) is 31.4 Å². The van der Waals surface area contributed by atoms with Crippen LogP contribution in [0.1, 0.15) is 19.4 Å². The van der Waals surface area contributed by atoms with Crippen LogP contribution in [-0.2, 0) is 11.2 Å². The second-order valence-corrected chi connectivity index (χ2v) is 5.82. The molecule has 5 heteroatoms. The van der Waals surface area contributed by atoms with E-state index >= 15 is 0 Å². The van der Waals surface area contributed by atoms with Crippen LogP contribution in [0.25, 0.3) is 0 Å². The molecule has 1 saturated heterocycles. The first kappa shape index (κ1) is 14.0. The molecule has 0 bridgehead atoms. The van der Waals surface area contributed by atoms with Gasteiger partial charge in [-0.05, 0) is 38.0 Å². The predicted molar refractivity (Wildman–Crippen MR) is 72.3 cm³/mol. The van der Waals surface area contributed by atoms with Crippen molar-refractivity contribution in [2.24, 2.45) is 11.7 Å². The van der Waals surface area contributed by atoms with Crippen molar-refractivity contribution in [1.29, 1.82) is 0 Å². The lowest BCUT2D eigenvalue weighted by Crippen LogP contribution is -2.50. The molecule has 104 valence electrons. The highest BCUT2D eigenvalue weighted by Gasteiger charge is 2.37. The molecular weight excluding hydrogens is 242 g/mol. The maximum atomic E-state index is 12.1. The first-order chi connectivity index (χ1) is 8.88. The molecule has 3 N–H and O–H groups in total. The first-order valence-electron chi connectivity index (χ1n) is 6.53. The van der Waals surface area contributed by atoms with E-state index in [9.17, 15) is 9.90 Å². The summed E-state index contributed by atoms with van der Waals surface area (Å²) in [6.07, 6.45) is 3.74. The molecule has 0 unspecified atom stereocenters. The number of nitrogens with two attached hydrogens (primary N) is 1. The molecule has 5 nitrogen and oxygen atoms in total. The maximum Gasteiger partial charge on any atom is 0.242 e. The molecule has 0 radical (unpaired) electrons. The van der Waals surface area contributed by atoms with Crippen LogP contribution < -0.4 is 5.73 Å². The average molecular weight is 263 g/mol. The van der Waals surface area contributed by atoms with Crippen molar-refractivity contribution in [3.05, 3.63) is 30.1 Å². The van der Waals surface area contributed by atoms with Gasteiger partial charge in [-0.15, -0.1) is 0 Å². The van der Waals surface area contributed by atoms with Crippen LogP contribution in [0.5, 0.6) is 0 Å². The topological polar surface area (TPSA) is 79.5 Å². The highest BCUT2D eigenvalue weighted by atomic mass is 16.3. The van der Waals surface area contributed by atoms with Crippen molar-refractivity contribution in [1.82, 2.24) is 9.88 Å². The SMILES string of the molecule is CC(C)(N)C(=O)N1C[C@@H](Cc2ccncc2)[C@H](O)C1. The molecule has 1 amide bonds. The normalized spacial score (nSPS) is 23.7. The van der Waals surface area contributed by atoms with Gasteiger partial charge in [-0.1, -0.05) is 0 Å². The molecule has 0 saturated carbocycles. The van der Waals surface area contributed by atoms with Crippen molar-refractivity contribution < 1.29 is 9.90 Å². The second-order valence-electron chi connectivity index (χ2n) is 5.82. The Balaban J connectivity index is 2.00. The molecule has 0 spiro atoms. The van der Waals surface area contributed by atoms with E-state index in [0.29, 0.717) is 13.1 Å². The Hall–Kier alpha value is -1.46.